The normalized spacial score (nSPS) is 12.8. The van der Waals surface area contributed by atoms with Crippen molar-refractivity contribution in [3.8, 4) is 5.75 Å². The Labute approximate surface area is 119 Å². The van der Waals surface area contributed by atoms with Gasteiger partial charge >= 0.3 is 0 Å². The molecule has 5 heteroatoms. The number of ether oxygens (including phenoxy) is 1. The molecule has 0 aliphatic carbocycles. The molecule has 1 heterocycles. The first-order valence-corrected chi connectivity index (χ1v) is 7.42. The van der Waals surface area contributed by atoms with Crippen LogP contribution in [0, 0.1) is 5.92 Å². The molecule has 0 radical (unpaired) electrons. The molecule has 108 valence electrons. The van der Waals surface area contributed by atoms with Crippen molar-refractivity contribution in [2.75, 3.05) is 11.1 Å². The summed E-state index contributed by atoms with van der Waals surface area (Å²) in [5, 5.41) is 4.24. The second kappa shape index (κ2) is 6.28. The second-order valence-corrected chi connectivity index (χ2v) is 6.42. The molecule has 0 saturated heterocycles. The largest absolute Gasteiger partial charge is 0.486 e. The van der Waals surface area contributed by atoms with Crippen LogP contribution in [0.5, 0.6) is 5.75 Å². The molecule has 19 heavy (non-hydrogen) atoms. The summed E-state index contributed by atoms with van der Waals surface area (Å²) >= 11 is 1.37. The zero-order valence-electron chi connectivity index (χ0n) is 12.5. The fraction of sp³-hybridized carbons (Fsp3) is 0.643. The first kappa shape index (κ1) is 15.8. The van der Waals surface area contributed by atoms with Crippen molar-refractivity contribution in [1.29, 1.82) is 0 Å². The molecule has 0 amide bonds. The molecule has 0 saturated carbocycles. The first-order valence-electron chi connectivity index (χ1n) is 6.60. The number of thiophene rings is 1. The van der Waals surface area contributed by atoms with Gasteiger partial charge in [-0.25, -0.2) is 0 Å². The van der Waals surface area contributed by atoms with Crippen LogP contribution >= 0.6 is 11.3 Å². The molecule has 1 unspecified atom stereocenters. The molecule has 0 aromatic carbocycles. The fourth-order valence-electron chi connectivity index (χ4n) is 1.51. The van der Waals surface area contributed by atoms with E-state index in [0.29, 0.717) is 22.2 Å². The van der Waals surface area contributed by atoms with Gasteiger partial charge in [0.15, 0.2) is 11.5 Å². The Bertz CT molecular complexity index is 453. The van der Waals surface area contributed by atoms with Crippen molar-refractivity contribution in [1.82, 2.24) is 0 Å². The maximum absolute atomic E-state index is 11.6. The summed E-state index contributed by atoms with van der Waals surface area (Å²) in [6.45, 7) is 11.8. The lowest BCUT2D eigenvalue weighted by molar-refractivity contribution is 0.102. The molecule has 0 fully saturated rings. The van der Waals surface area contributed by atoms with Gasteiger partial charge in [-0.3, -0.25) is 4.79 Å². The number of carbonyl (C=O) groups excluding carboxylic acids is 1. The summed E-state index contributed by atoms with van der Waals surface area (Å²) < 4.78 is 5.76. The number of carbonyl (C=O) groups is 1. The van der Waals surface area contributed by atoms with E-state index in [-0.39, 0.29) is 17.9 Å². The van der Waals surface area contributed by atoms with E-state index in [1.807, 2.05) is 13.8 Å². The lowest BCUT2D eigenvalue weighted by Crippen LogP contribution is -2.21. The maximum Gasteiger partial charge on any atom is 0.177 e. The smallest absolute Gasteiger partial charge is 0.177 e. The summed E-state index contributed by atoms with van der Waals surface area (Å²) in [6.07, 6.45) is 0.0200. The van der Waals surface area contributed by atoms with Crippen molar-refractivity contribution in [2.45, 2.75) is 53.7 Å². The van der Waals surface area contributed by atoms with Gasteiger partial charge in [0.2, 0.25) is 0 Å². The third-order valence-corrected chi connectivity index (χ3v) is 4.15. The molecule has 1 aromatic rings. The zero-order chi connectivity index (χ0) is 14.7. The average Bonchev–Trinajstić information content (AvgIpc) is 2.57. The molecule has 1 aromatic heterocycles. The molecular weight excluding hydrogens is 260 g/mol. The quantitative estimate of drug-likeness (QED) is 0.780. The summed E-state index contributed by atoms with van der Waals surface area (Å²) in [7, 11) is 0. The van der Waals surface area contributed by atoms with Gasteiger partial charge in [0.25, 0.3) is 0 Å². The van der Waals surface area contributed by atoms with Gasteiger partial charge in [0.05, 0.1) is 16.7 Å². The van der Waals surface area contributed by atoms with Crippen LogP contribution in [0.3, 0.4) is 0 Å². The molecule has 3 N–H and O–H groups in total. The summed E-state index contributed by atoms with van der Waals surface area (Å²) in [5.74, 6) is 1.06. The third kappa shape index (κ3) is 3.86. The van der Waals surface area contributed by atoms with Gasteiger partial charge < -0.3 is 15.8 Å². The van der Waals surface area contributed by atoms with Crippen LogP contribution in [0.25, 0.3) is 0 Å². The summed E-state index contributed by atoms with van der Waals surface area (Å²) in [4.78, 5) is 12.1. The standard InChI is InChI=1S/C14H24N2O2S/c1-7(2)9(5)16-14-12(18-8(3)4)11(15)13(19-14)10(6)17/h7-9,16H,15H2,1-6H3. The highest BCUT2D eigenvalue weighted by molar-refractivity contribution is 7.19. The van der Waals surface area contributed by atoms with Crippen LogP contribution in [0.4, 0.5) is 10.7 Å². The Balaban J connectivity index is 3.13. The third-order valence-electron chi connectivity index (χ3n) is 2.93. The lowest BCUT2D eigenvalue weighted by Gasteiger charge is -2.19. The van der Waals surface area contributed by atoms with E-state index < -0.39 is 0 Å². The van der Waals surface area contributed by atoms with Gasteiger partial charge in [-0.05, 0) is 26.7 Å². The monoisotopic (exact) mass is 284 g/mol. The van der Waals surface area contributed by atoms with Crippen LogP contribution in [-0.2, 0) is 0 Å². The number of hydrogen-bond acceptors (Lipinski definition) is 5. The minimum absolute atomic E-state index is 0.0200. The number of nitrogens with one attached hydrogen (secondary N) is 1. The fourth-order valence-corrected chi connectivity index (χ4v) is 2.56. The van der Waals surface area contributed by atoms with Crippen molar-refractivity contribution < 1.29 is 9.53 Å². The SMILES string of the molecule is CC(=O)c1sc(NC(C)C(C)C)c(OC(C)C)c1N. The highest BCUT2D eigenvalue weighted by Gasteiger charge is 2.22. The molecule has 1 rings (SSSR count). The van der Waals surface area contributed by atoms with E-state index in [4.69, 9.17) is 10.5 Å². The van der Waals surface area contributed by atoms with E-state index in [1.165, 1.54) is 18.3 Å². The van der Waals surface area contributed by atoms with Crippen LogP contribution in [0.1, 0.15) is 51.2 Å². The molecule has 4 nitrogen and oxygen atoms in total. The number of ketones is 1. The first-order chi connectivity index (χ1) is 8.73. The van der Waals surface area contributed by atoms with Gasteiger partial charge in [-0.1, -0.05) is 13.8 Å². The van der Waals surface area contributed by atoms with Crippen LogP contribution < -0.4 is 15.8 Å². The minimum Gasteiger partial charge on any atom is -0.486 e. The van der Waals surface area contributed by atoms with Crippen molar-refractivity contribution >= 4 is 27.8 Å². The molecule has 0 aliphatic heterocycles. The van der Waals surface area contributed by atoms with Crippen molar-refractivity contribution in [2.24, 2.45) is 5.92 Å². The van der Waals surface area contributed by atoms with Crippen molar-refractivity contribution in [3.05, 3.63) is 4.88 Å². The maximum atomic E-state index is 11.6. The molecular formula is C14H24N2O2S. The Morgan fingerprint density at radius 1 is 1.26 bits per heavy atom. The van der Waals surface area contributed by atoms with E-state index >= 15 is 0 Å². The number of nitrogen functional groups attached to an aromatic ring is 1. The summed E-state index contributed by atoms with van der Waals surface area (Å²) in [5.41, 5.74) is 6.48. The molecule has 1 atom stereocenters. The number of nitrogens with two attached hydrogens (primary N) is 1. The summed E-state index contributed by atoms with van der Waals surface area (Å²) in [6, 6.07) is 0.285. The van der Waals surface area contributed by atoms with Gasteiger partial charge in [0, 0.05) is 13.0 Å². The van der Waals surface area contributed by atoms with E-state index in [9.17, 15) is 4.79 Å². The van der Waals surface area contributed by atoms with Crippen LogP contribution in [0.2, 0.25) is 0 Å². The van der Waals surface area contributed by atoms with Crippen LogP contribution in [0.15, 0.2) is 0 Å². The number of Topliss-reactive ketones (excluding diaryl/α,β-unsaturated/α-hetero) is 1. The molecule has 0 spiro atoms. The highest BCUT2D eigenvalue weighted by atomic mass is 32.1. The minimum atomic E-state index is -0.0265. The average molecular weight is 284 g/mol. The predicted octanol–water partition coefficient (Wildman–Crippen LogP) is 3.78. The highest BCUT2D eigenvalue weighted by Crippen LogP contribution is 2.43. The predicted molar refractivity (Wildman–Crippen MR) is 82.4 cm³/mol. The van der Waals surface area contributed by atoms with Crippen molar-refractivity contribution in [3.63, 3.8) is 0 Å². The Morgan fingerprint density at radius 3 is 2.26 bits per heavy atom. The topological polar surface area (TPSA) is 64.3 Å². The van der Waals surface area contributed by atoms with Gasteiger partial charge in [0.1, 0.15) is 5.00 Å². The molecule has 0 bridgehead atoms. The van der Waals surface area contributed by atoms with Crippen LogP contribution in [-0.4, -0.2) is 17.9 Å². The molecule has 0 aliphatic rings. The number of rotatable bonds is 6. The Morgan fingerprint density at radius 2 is 1.84 bits per heavy atom. The number of hydrogen-bond donors (Lipinski definition) is 2. The Kier molecular flexibility index (Phi) is 5.23. The lowest BCUT2D eigenvalue weighted by atomic mass is 10.1. The van der Waals surface area contributed by atoms with Gasteiger partial charge in [-0.2, -0.15) is 0 Å². The Hall–Kier alpha value is -1.23. The van der Waals surface area contributed by atoms with E-state index in [1.54, 1.807) is 0 Å². The zero-order valence-corrected chi connectivity index (χ0v) is 13.4. The number of anilines is 2. The van der Waals surface area contributed by atoms with E-state index in [0.717, 1.165) is 5.00 Å². The van der Waals surface area contributed by atoms with E-state index in [2.05, 4.69) is 26.1 Å². The van der Waals surface area contributed by atoms with Gasteiger partial charge in [-0.15, -0.1) is 11.3 Å². The second-order valence-electron chi connectivity index (χ2n) is 5.40.